The van der Waals surface area contributed by atoms with Crippen LogP contribution in [0.4, 0.5) is 9.39 Å². The van der Waals surface area contributed by atoms with Crippen LogP contribution in [0.3, 0.4) is 0 Å². The van der Waals surface area contributed by atoms with E-state index in [4.69, 9.17) is 16.0 Å². The number of thiophene rings is 1. The molecule has 2 N–H and O–H groups in total. The lowest BCUT2D eigenvalue weighted by Gasteiger charge is -2.05. The van der Waals surface area contributed by atoms with Gasteiger partial charge in [0.05, 0.1) is 5.02 Å². The summed E-state index contributed by atoms with van der Waals surface area (Å²) in [7, 11) is 0. The molecule has 28 heavy (non-hydrogen) atoms. The number of hydrogen-bond acceptors (Lipinski definition) is 5. The molecule has 140 valence electrons. The lowest BCUT2D eigenvalue weighted by atomic mass is 10.0. The Morgan fingerprint density at radius 3 is 2.71 bits per heavy atom. The van der Waals surface area contributed by atoms with Gasteiger partial charge in [0.2, 0.25) is 0 Å². The molecule has 0 saturated carbocycles. The van der Waals surface area contributed by atoms with E-state index in [1.54, 1.807) is 24.3 Å². The number of anilines is 1. The van der Waals surface area contributed by atoms with E-state index in [0.717, 1.165) is 17.4 Å². The first-order chi connectivity index (χ1) is 13.4. The van der Waals surface area contributed by atoms with Crippen molar-refractivity contribution in [2.24, 2.45) is 0 Å². The SMILES string of the molecule is O=C(Nc1scc(-c2ccc(Cl)c(F)c2)c1C(=O)O)c1nc2ccccc2o1. The van der Waals surface area contributed by atoms with Crippen molar-refractivity contribution in [3.63, 3.8) is 0 Å². The largest absolute Gasteiger partial charge is 0.478 e. The van der Waals surface area contributed by atoms with Gasteiger partial charge in [0.15, 0.2) is 5.58 Å². The Balaban J connectivity index is 1.69. The number of carboxylic acid groups (broad SMARTS) is 1. The third-order valence-electron chi connectivity index (χ3n) is 3.95. The van der Waals surface area contributed by atoms with Crippen LogP contribution in [-0.4, -0.2) is 22.0 Å². The Morgan fingerprint density at radius 2 is 2.00 bits per heavy atom. The number of nitrogens with one attached hydrogen (secondary N) is 1. The quantitative estimate of drug-likeness (QED) is 0.471. The predicted octanol–water partition coefficient (Wildman–Crippen LogP) is 5.30. The summed E-state index contributed by atoms with van der Waals surface area (Å²) in [6, 6.07) is 10.8. The molecule has 1 amide bonds. The molecule has 0 atom stereocenters. The maximum absolute atomic E-state index is 13.8. The average molecular weight is 417 g/mol. The van der Waals surface area contributed by atoms with Crippen LogP contribution in [0.2, 0.25) is 5.02 Å². The number of fused-ring (bicyclic) bond motifs is 1. The monoisotopic (exact) mass is 416 g/mol. The van der Waals surface area contributed by atoms with Crippen molar-refractivity contribution in [1.82, 2.24) is 4.98 Å². The van der Waals surface area contributed by atoms with Gasteiger partial charge in [-0.15, -0.1) is 11.3 Å². The second kappa shape index (κ2) is 7.06. The first-order valence-corrected chi connectivity index (χ1v) is 9.17. The Hall–Kier alpha value is -3.23. The van der Waals surface area contributed by atoms with Gasteiger partial charge >= 0.3 is 11.9 Å². The number of amides is 1. The third kappa shape index (κ3) is 3.23. The van der Waals surface area contributed by atoms with Crippen LogP contribution in [0, 0.1) is 5.82 Å². The van der Waals surface area contributed by atoms with Crippen LogP contribution in [0.25, 0.3) is 22.2 Å². The highest BCUT2D eigenvalue weighted by Gasteiger charge is 2.23. The van der Waals surface area contributed by atoms with E-state index in [1.165, 1.54) is 17.5 Å². The summed E-state index contributed by atoms with van der Waals surface area (Å²) >= 11 is 6.68. The van der Waals surface area contributed by atoms with Gasteiger partial charge in [-0.1, -0.05) is 29.8 Å². The summed E-state index contributed by atoms with van der Waals surface area (Å²) in [4.78, 5) is 28.3. The summed E-state index contributed by atoms with van der Waals surface area (Å²) in [5, 5.41) is 13.7. The molecule has 0 radical (unpaired) electrons. The van der Waals surface area contributed by atoms with Gasteiger partial charge in [-0.05, 0) is 29.8 Å². The van der Waals surface area contributed by atoms with Crippen molar-refractivity contribution in [2.45, 2.75) is 0 Å². The molecule has 0 aliphatic heterocycles. The molecule has 4 rings (SSSR count). The molecule has 0 spiro atoms. The lowest BCUT2D eigenvalue weighted by molar-refractivity contribution is 0.0699. The van der Waals surface area contributed by atoms with Crippen molar-refractivity contribution in [3.8, 4) is 11.1 Å². The second-order valence-electron chi connectivity index (χ2n) is 5.73. The second-order valence-corrected chi connectivity index (χ2v) is 7.02. The average Bonchev–Trinajstić information content (AvgIpc) is 3.28. The number of aromatic carboxylic acids is 1. The van der Waals surface area contributed by atoms with Crippen LogP contribution in [0.15, 0.2) is 52.3 Å². The lowest BCUT2D eigenvalue weighted by Crippen LogP contribution is -2.13. The first kappa shape index (κ1) is 18.1. The Bertz CT molecular complexity index is 1200. The predicted molar refractivity (Wildman–Crippen MR) is 104 cm³/mol. The molecule has 0 fully saturated rings. The van der Waals surface area contributed by atoms with E-state index in [-0.39, 0.29) is 27.0 Å². The van der Waals surface area contributed by atoms with E-state index in [2.05, 4.69) is 10.3 Å². The van der Waals surface area contributed by atoms with E-state index < -0.39 is 17.7 Å². The molecular weight excluding hydrogens is 407 g/mol. The maximum Gasteiger partial charge on any atom is 0.339 e. The van der Waals surface area contributed by atoms with Crippen molar-refractivity contribution >= 4 is 50.9 Å². The van der Waals surface area contributed by atoms with Crippen molar-refractivity contribution < 1.29 is 23.5 Å². The molecule has 2 heterocycles. The highest BCUT2D eigenvalue weighted by molar-refractivity contribution is 7.15. The summed E-state index contributed by atoms with van der Waals surface area (Å²) in [5.74, 6) is -2.81. The topological polar surface area (TPSA) is 92.4 Å². The zero-order valence-electron chi connectivity index (χ0n) is 13.9. The van der Waals surface area contributed by atoms with Gasteiger partial charge in [0.1, 0.15) is 21.9 Å². The molecule has 0 unspecified atom stereocenters. The van der Waals surface area contributed by atoms with Crippen molar-refractivity contribution in [3.05, 3.63) is 70.1 Å². The number of hydrogen-bond donors (Lipinski definition) is 2. The van der Waals surface area contributed by atoms with Gasteiger partial charge < -0.3 is 14.8 Å². The summed E-state index contributed by atoms with van der Waals surface area (Å²) in [6.45, 7) is 0. The number of benzene rings is 2. The molecule has 0 aliphatic rings. The normalized spacial score (nSPS) is 10.9. The number of carbonyl (C=O) groups is 2. The number of nitrogens with zero attached hydrogens (tertiary/aromatic N) is 1. The third-order valence-corrected chi connectivity index (χ3v) is 5.15. The van der Waals surface area contributed by atoms with E-state index in [1.807, 2.05) is 0 Å². The molecule has 0 aliphatic carbocycles. The number of para-hydroxylation sites is 2. The number of halogens is 2. The van der Waals surface area contributed by atoms with E-state index >= 15 is 0 Å². The highest BCUT2D eigenvalue weighted by atomic mass is 35.5. The van der Waals surface area contributed by atoms with Crippen LogP contribution in [-0.2, 0) is 0 Å². The van der Waals surface area contributed by atoms with Crippen LogP contribution in [0.1, 0.15) is 21.0 Å². The number of carbonyl (C=O) groups excluding carboxylic acids is 1. The number of rotatable bonds is 4. The molecule has 6 nitrogen and oxygen atoms in total. The first-order valence-electron chi connectivity index (χ1n) is 7.91. The fraction of sp³-hybridized carbons (Fsp3) is 0. The molecule has 2 aromatic heterocycles. The van der Waals surface area contributed by atoms with E-state index in [0.29, 0.717) is 16.7 Å². The Labute approximate surface area is 166 Å². The van der Waals surface area contributed by atoms with Crippen LogP contribution >= 0.6 is 22.9 Å². The molecule has 4 aromatic rings. The molecule has 0 bridgehead atoms. The van der Waals surface area contributed by atoms with Gasteiger partial charge in [-0.3, -0.25) is 4.79 Å². The van der Waals surface area contributed by atoms with Crippen LogP contribution in [0.5, 0.6) is 0 Å². The maximum atomic E-state index is 13.8. The van der Waals surface area contributed by atoms with Gasteiger partial charge in [-0.25, -0.2) is 14.2 Å². The molecular formula is C19H10ClFN2O4S. The van der Waals surface area contributed by atoms with E-state index in [9.17, 15) is 19.1 Å². The zero-order chi connectivity index (χ0) is 19.8. The standard InChI is InChI=1S/C19H10ClFN2O4S/c20-11-6-5-9(7-12(11)21)10-8-28-18(15(10)19(25)26)23-16(24)17-22-13-3-1-2-4-14(13)27-17/h1-8H,(H,23,24)(H,25,26). The minimum absolute atomic E-state index is 0.0691. The minimum Gasteiger partial charge on any atom is -0.478 e. The summed E-state index contributed by atoms with van der Waals surface area (Å²) in [6.07, 6.45) is 0. The van der Waals surface area contributed by atoms with Crippen LogP contribution < -0.4 is 5.32 Å². The smallest absolute Gasteiger partial charge is 0.339 e. The van der Waals surface area contributed by atoms with Gasteiger partial charge in [-0.2, -0.15) is 0 Å². The fourth-order valence-corrected chi connectivity index (χ4v) is 3.74. The Morgan fingerprint density at radius 1 is 1.21 bits per heavy atom. The highest BCUT2D eigenvalue weighted by Crippen LogP contribution is 2.37. The zero-order valence-corrected chi connectivity index (χ0v) is 15.5. The molecule has 2 aromatic carbocycles. The minimum atomic E-state index is -1.26. The summed E-state index contributed by atoms with van der Waals surface area (Å²) < 4.78 is 19.2. The number of oxazole rings is 1. The molecule has 0 saturated heterocycles. The van der Waals surface area contributed by atoms with Gasteiger partial charge in [0.25, 0.3) is 5.89 Å². The Kier molecular flexibility index (Phi) is 4.58. The number of aromatic nitrogens is 1. The van der Waals surface area contributed by atoms with Crippen molar-refractivity contribution in [2.75, 3.05) is 5.32 Å². The van der Waals surface area contributed by atoms with Crippen molar-refractivity contribution in [1.29, 1.82) is 0 Å². The van der Waals surface area contributed by atoms with Gasteiger partial charge in [0, 0.05) is 10.9 Å². The number of carboxylic acids is 1. The molecule has 9 heteroatoms. The summed E-state index contributed by atoms with van der Waals surface area (Å²) in [5.41, 5.74) is 1.39. The fourth-order valence-electron chi connectivity index (χ4n) is 2.66.